The highest BCUT2D eigenvalue weighted by atomic mass is 32.2. The number of pyridine rings is 1. The molecule has 1 amide bonds. The number of carbonyl (C=O) groups is 1. The molecule has 1 aliphatic carbocycles. The molecule has 0 radical (unpaired) electrons. The molecule has 2 aliphatic rings. The Hall–Kier alpha value is -3.28. The van der Waals surface area contributed by atoms with E-state index in [2.05, 4.69) is 20.0 Å². The summed E-state index contributed by atoms with van der Waals surface area (Å²) in [5.41, 5.74) is 3.09. The molecule has 0 saturated carbocycles. The number of hydrogen-bond acceptors (Lipinski definition) is 6. The zero-order chi connectivity index (χ0) is 26.0. The van der Waals surface area contributed by atoms with Crippen molar-refractivity contribution in [2.75, 3.05) is 18.6 Å². The average molecular weight is 542 g/mol. The van der Waals surface area contributed by atoms with Gasteiger partial charge < -0.3 is 15.0 Å². The van der Waals surface area contributed by atoms with Gasteiger partial charge in [0.15, 0.2) is 0 Å². The molecule has 1 aliphatic heterocycles. The molecule has 3 N–H and O–H groups in total. The number of aromatic amines is 1. The van der Waals surface area contributed by atoms with E-state index in [9.17, 15) is 17.4 Å². The maximum Gasteiger partial charge on any atom is 0.240 e. The van der Waals surface area contributed by atoms with Gasteiger partial charge in [-0.3, -0.25) is 4.79 Å². The topological polar surface area (TPSA) is 130 Å². The van der Waals surface area contributed by atoms with E-state index in [4.69, 9.17) is 4.74 Å². The molecule has 0 spiro atoms. The lowest BCUT2D eigenvalue weighted by molar-refractivity contribution is -0.120. The summed E-state index contributed by atoms with van der Waals surface area (Å²) in [6, 6.07) is 10.0. The number of aromatic nitrogens is 2. The van der Waals surface area contributed by atoms with E-state index in [0.717, 1.165) is 28.0 Å². The minimum absolute atomic E-state index is 0.117. The predicted molar refractivity (Wildman–Crippen MR) is 144 cm³/mol. The standard InChI is InChI=1S/C26H28N4O5S2/c1-35-21-4-2-3-18(13-21)28-25(31)15-20-14-24-23(9-11-27-26(24)29-20)17-5-7-22(8-6-17)37(33,34)30-19-10-12-36(32)16-19/h2-9,11,14,18-19,30H,10,12-13,15-16H2,1H3,(H,27,29)(H,28,31)/p+1. The van der Waals surface area contributed by atoms with Gasteiger partial charge >= 0.3 is 0 Å². The highest BCUT2D eigenvalue weighted by Crippen LogP contribution is 2.29. The Morgan fingerprint density at radius 1 is 1.24 bits per heavy atom. The number of ether oxygens (including phenoxy) is 1. The number of amides is 1. The van der Waals surface area contributed by atoms with E-state index >= 15 is 0 Å². The monoisotopic (exact) mass is 541 g/mol. The van der Waals surface area contributed by atoms with E-state index in [-0.39, 0.29) is 29.3 Å². The summed E-state index contributed by atoms with van der Waals surface area (Å²) in [5.74, 6) is 1.65. The third kappa shape index (κ3) is 5.84. The zero-order valence-corrected chi connectivity index (χ0v) is 22.0. The van der Waals surface area contributed by atoms with Crippen LogP contribution in [0.15, 0.2) is 71.5 Å². The van der Waals surface area contributed by atoms with Gasteiger partial charge in [0.05, 0.1) is 47.1 Å². The average Bonchev–Trinajstić information content (AvgIpc) is 3.48. The Labute approximate surface area is 217 Å². The molecule has 1 aromatic carbocycles. The molecule has 1 fully saturated rings. The number of sulfonamides is 1. The molecule has 194 valence electrons. The molecule has 3 atom stereocenters. The summed E-state index contributed by atoms with van der Waals surface area (Å²) in [6.45, 7) is 0. The van der Waals surface area contributed by atoms with E-state index in [1.165, 1.54) is 0 Å². The molecule has 0 bridgehead atoms. The van der Waals surface area contributed by atoms with Gasteiger partial charge in [-0.2, -0.15) is 0 Å². The van der Waals surface area contributed by atoms with Gasteiger partial charge in [-0.05, 0) is 41.5 Å². The van der Waals surface area contributed by atoms with Crippen molar-refractivity contribution in [2.45, 2.75) is 36.2 Å². The molecule has 3 aromatic rings. The largest absolute Gasteiger partial charge is 0.501 e. The number of H-pyrrole nitrogens is 1. The van der Waals surface area contributed by atoms with Crippen LogP contribution in [0, 0.1) is 0 Å². The molecule has 1 saturated heterocycles. The van der Waals surface area contributed by atoms with Crippen LogP contribution < -0.4 is 10.0 Å². The third-order valence-corrected chi connectivity index (χ3v) is 9.68. The molecule has 5 rings (SSSR count). The summed E-state index contributed by atoms with van der Waals surface area (Å²) in [6.07, 6.45) is 8.73. The van der Waals surface area contributed by atoms with Crippen LogP contribution >= 0.6 is 0 Å². The van der Waals surface area contributed by atoms with Crippen LogP contribution in [0.2, 0.25) is 0 Å². The highest BCUT2D eigenvalue weighted by molar-refractivity contribution is 7.89. The molecular formula is C26H29N4O5S2+. The van der Waals surface area contributed by atoms with Crippen LogP contribution in [-0.2, 0) is 41.0 Å². The Bertz CT molecular complexity index is 1510. The van der Waals surface area contributed by atoms with Crippen molar-refractivity contribution in [1.82, 2.24) is 20.0 Å². The second kappa shape index (κ2) is 10.6. The van der Waals surface area contributed by atoms with Crippen LogP contribution in [0.5, 0.6) is 0 Å². The normalized spacial score (nSPS) is 21.6. The summed E-state index contributed by atoms with van der Waals surface area (Å²) < 4.78 is 45.1. The molecule has 9 nitrogen and oxygen atoms in total. The smallest absolute Gasteiger partial charge is 0.240 e. The van der Waals surface area contributed by atoms with Crippen molar-refractivity contribution in [3.8, 4) is 11.1 Å². The first-order valence-corrected chi connectivity index (χ1v) is 15.1. The maximum atomic E-state index is 12.8. The van der Waals surface area contributed by atoms with Crippen molar-refractivity contribution >= 4 is 37.8 Å². The van der Waals surface area contributed by atoms with Crippen molar-refractivity contribution in [1.29, 1.82) is 0 Å². The minimum atomic E-state index is -3.69. The lowest BCUT2D eigenvalue weighted by atomic mass is 10.0. The zero-order valence-electron chi connectivity index (χ0n) is 20.3. The number of rotatable bonds is 8. The van der Waals surface area contributed by atoms with Gasteiger partial charge in [-0.1, -0.05) is 24.3 Å². The van der Waals surface area contributed by atoms with Crippen molar-refractivity contribution in [2.24, 2.45) is 0 Å². The number of fused-ring (bicyclic) bond motifs is 1. The van der Waals surface area contributed by atoms with Gasteiger partial charge in [0.1, 0.15) is 17.2 Å². The number of nitrogens with one attached hydrogen (secondary N) is 3. The summed E-state index contributed by atoms with van der Waals surface area (Å²) in [7, 11) is -3.39. The quantitative estimate of drug-likeness (QED) is 0.297. The third-order valence-electron chi connectivity index (χ3n) is 6.54. The fraction of sp³-hybridized carbons (Fsp3) is 0.308. The van der Waals surface area contributed by atoms with Gasteiger partial charge in [0.25, 0.3) is 0 Å². The fourth-order valence-electron chi connectivity index (χ4n) is 4.68. The Morgan fingerprint density at radius 3 is 2.78 bits per heavy atom. The lowest BCUT2D eigenvalue weighted by Gasteiger charge is -2.18. The Morgan fingerprint density at radius 2 is 2.05 bits per heavy atom. The highest BCUT2D eigenvalue weighted by Gasteiger charge is 2.30. The number of benzene rings is 1. The van der Waals surface area contributed by atoms with Gasteiger partial charge in [-0.15, -0.1) is 4.21 Å². The predicted octanol–water partition coefficient (Wildman–Crippen LogP) is 2.49. The molecule has 3 unspecified atom stereocenters. The Balaban J connectivity index is 1.30. The summed E-state index contributed by atoms with van der Waals surface area (Å²) >= 11 is 0. The van der Waals surface area contributed by atoms with Crippen molar-refractivity contribution < 1.29 is 22.2 Å². The number of nitrogens with zero attached hydrogens (tertiary/aromatic N) is 1. The summed E-state index contributed by atoms with van der Waals surface area (Å²) in [4.78, 5) is 20.4. The van der Waals surface area contributed by atoms with Gasteiger partial charge in [0.2, 0.25) is 15.9 Å². The first kappa shape index (κ1) is 25.4. The van der Waals surface area contributed by atoms with E-state index < -0.39 is 20.8 Å². The van der Waals surface area contributed by atoms with Gasteiger partial charge in [-0.25, -0.2) is 18.1 Å². The van der Waals surface area contributed by atoms with Crippen LogP contribution in [0.4, 0.5) is 0 Å². The lowest BCUT2D eigenvalue weighted by Crippen LogP contribution is -2.35. The number of methoxy groups -OCH3 is 1. The number of hydrogen-bond donors (Lipinski definition) is 3. The van der Waals surface area contributed by atoms with E-state index in [1.807, 2.05) is 30.4 Å². The minimum Gasteiger partial charge on any atom is -0.501 e. The van der Waals surface area contributed by atoms with Crippen LogP contribution in [0.1, 0.15) is 18.5 Å². The van der Waals surface area contributed by atoms with Crippen molar-refractivity contribution in [3.05, 3.63) is 72.3 Å². The Kier molecular flexibility index (Phi) is 7.27. The second-order valence-corrected chi connectivity index (χ2v) is 12.7. The maximum absolute atomic E-state index is 12.8. The first-order chi connectivity index (χ1) is 17.8. The first-order valence-electron chi connectivity index (χ1n) is 12.0. The molecule has 2 aromatic heterocycles. The molecular weight excluding hydrogens is 512 g/mol. The van der Waals surface area contributed by atoms with Crippen molar-refractivity contribution in [3.63, 3.8) is 0 Å². The number of allylic oxidation sites excluding steroid dienone is 2. The van der Waals surface area contributed by atoms with Crippen LogP contribution in [-0.4, -0.2) is 55.0 Å². The number of carbonyl (C=O) groups excluding carboxylic acids is 1. The summed E-state index contributed by atoms with van der Waals surface area (Å²) in [5, 5.41) is 3.85. The fourth-order valence-corrected chi connectivity index (χ4v) is 7.63. The molecule has 3 heterocycles. The van der Waals surface area contributed by atoms with Gasteiger partial charge in [0, 0.05) is 30.1 Å². The molecule has 11 heteroatoms. The van der Waals surface area contributed by atoms with Crippen LogP contribution in [0.3, 0.4) is 0 Å². The van der Waals surface area contributed by atoms with E-state index in [0.29, 0.717) is 30.0 Å². The van der Waals surface area contributed by atoms with E-state index in [1.54, 1.807) is 37.6 Å². The van der Waals surface area contributed by atoms with Crippen LogP contribution in [0.25, 0.3) is 22.2 Å². The number of thiol groups is 1. The molecule has 37 heavy (non-hydrogen) atoms. The second-order valence-electron chi connectivity index (χ2n) is 9.21. The SMILES string of the molecule is COC1=CC=CC(NC(=O)Cc2cc3c(-c4ccc(S(=O)(=O)NC5CC[SH+](=O)C5)cc4)ccnc3[nH]2)C1.